The lowest BCUT2D eigenvalue weighted by atomic mass is 10.1. The zero-order valence-corrected chi connectivity index (χ0v) is 14.7. The number of nitrogens with zero attached hydrogens (tertiary/aromatic N) is 3. The number of aromatic nitrogens is 2. The summed E-state index contributed by atoms with van der Waals surface area (Å²) in [4.78, 5) is 10.7. The zero-order chi connectivity index (χ0) is 16.6. The van der Waals surface area contributed by atoms with E-state index in [1.54, 1.807) is 12.4 Å². The van der Waals surface area contributed by atoms with Crippen molar-refractivity contribution in [2.45, 2.75) is 24.9 Å². The fraction of sp³-hybridized carbons (Fsp3) is 0.412. The number of anilines is 2. The minimum atomic E-state index is 0.362. The minimum Gasteiger partial charge on any atom is -0.381 e. The van der Waals surface area contributed by atoms with Gasteiger partial charge in [0.15, 0.2) is 0 Å². The van der Waals surface area contributed by atoms with Gasteiger partial charge in [0, 0.05) is 48.0 Å². The molecule has 1 aromatic carbocycles. The van der Waals surface area contributed by atoms with Gasteiger partial charge in [0.2, 0.25) is 5.95 Å². The van der Waals surface area contributed by atoms with Crippen LogP contribution in [0.4, 0.5) is 11.6 Å². The molecule has 2 aliphatic heterocycles. The van der Waals surface area contributed by atoms with Crippen LogP contribution in [0.2, 0.25) is 10.0 Å². The summed E-state index contributed by atoms with van der Waals surface area (Å²) in [6.07, 6.45) is 5.87. The standard InChI is InChI=1S/C10H13ClN4.C7H6ClN/c11-8-5-12-9(13-6-8)15-4-3-14-10(7-15)1-2-10;8-6-2-1-3-7-5(6)4-9-7/h5-6,14H,1-4,7H2;1-3,9H,4H2. The molecule has 1 aliphatic carbocycles. The predicted molar refractivity (Wildman–Crippen MR) is 98.0 cm³/mol. The largest absolute Gasteiger partial charge is 0.381 e. The van der Waals surface area contributed by atoms with Gasteiger partial charge < -0.3 is 15.5 Å². The number of nitrogens with one attached hydrogen (secondary N) is 2. The number of piperazine rings is 1. The van der Waals surface area contributed by atoms with Gasteiger partial charge >= 0.3 is 0 Å². The molecule has 0 bridgehead atoms. The number of halogens is 2. The highest BCUT2D eigenvalue weighted by molar-refractivity contribution is 6.32. The molecule has 5 nitrogen and oxygen atoms in total. The van der Waals surface area contributed by atoms with E-state index in [0.717, 1.165) is 37.1 Å². The topological polar surface area (TPSA) is 53.1 Å². The molecule has 0 amide bonds. The molecular weight excluding hydrogens is 345 g/mol. The molecule has 1 saturated heterocycles. The van der Waals surface area contributed by atoms with Crippen LogP contribution in [0, 0.1) is 0 Å². The van der Waals surface area contributed by atoms with Crippen LogP contribution in [-0.4, -0.2) is 35.1 Å². The molecule has 1 spiro atoms. The molecule has 7 heteroatoms. The van der Waals surface area contributed by atoms with Crippen molar-refractivity contribution in [2.24, 2.45) is 0 Å². The summed E-state index contributed by atoms with van der Waals surface area (Å²) in [6, 6.07) is 5.90. The number of fused-ring (bicyclic) bond motifs is 1. The van der Waals surface area contributed by atoms with Crippen LogP contribution >= 0.6 is 23.2 Å². The van der Waals surface area contributed by atoms with E-state index in [1.807, 2.05) is 18.2 Å². The molecule has 0 radical (unpaired) electrons. The molecule has 0 atom stereocenters. The van der Waals surface area contributed by atoms with E-state index in [1.165, 1.54) is 24.1 Å². The van der Waals surface area contributed by atoms with Crippen LogP contribution in [0.5, 0.6) is 0 Å². The molecule has 2 aromatic rings. The lowest BCUT2D eigenvalue weighted by Crippen LogP contribution is -2.53. The maximum atomic E-state index is 5.83. The number of benzene rings is 1. The van der Waals surface area contributed by atoms with Crippen LogP contribution in [0.25, 0.3) is 0 Å². The Morgan fingerprint density at radius 1 is 1.12 bits per heavy atom. The smallest absolute Gasteiger partial charge is 0.225 e. The number of hydrogen-bond donors (Lipinski definition) is 2. The van der Waals surface area contributed by atoms with Crippen molar-refractivity contribution in [3.05, 3.63) is 46.2 Å². The summed E-state index contributed by atoms with van der Waals surface area (Å²) >= 11 is 11.6. The quantitative estimate of drug-likeness (QED) is 0.813. The summed E-state index contributed by atoms with van der Waals surface area (Å²) in [7, 11) is 0. The van der Waals surface area contributed by atoms with Crippen molar-refractivity contribution in [2.75, 3.05) is 29.9 Å². The van der Waals surface area contributed by atoms with Gasteiger partial charge in [-0.25, -0.2) is 9.97 Å². The molecule has 126 valence electrons. The maximum Gasteiger partial charge on any atom is 0.225 e. The SMILES string of the molecule is Clc1cccc2c1CN2.Clc1cnc(N2CCNC3(CC3)C2)nc1. The molecule has 2 N–H and O–H groups in total. The van der Waals surface area contributed by atoms with Crippen LogP contribution < -0.4 is 15.5 Å². The summed E-state index contributed by atoms with van der Waals surface area (Å²) in [5.41, 5.74) is 2.79. The Kier molecular flexibility index (Phi) is 4.24. The van der Waals surface area contributed by atoms with E-state index in [2.05, 4.69) is 25.5 Å². The first-order valence-corrected chi connectivity index (χ1v) is 8.90. The highest BCUT2D eigenvalue weighted by Gasteiger charge is 2.45. The van der Waals surface area contributed by atoms with E-state index in [-0.39, 0.29) is 0 Å². The van der Waals surface area contributed by atoms with Gasteiger partial charge in [-0.05, 0) is 25.0 Å². The van der Waals surface area contributed by atoms with Gasteiger partial charge in [-0.3, -0.25) is 0 Å². The third kappa shape index (κ3) is 3.29. The molecule has 1 aromatic heterocycles. The summed E-state index contributed by atoms with van der Waals surface area (Å²) in [5, 5.41) is 8.18. The molecule has 3 heterocycles. The van der Waals surface area contributed by atoms with Gasteiger partial charge in [-0.2, -0.15) is 0 Å². The Labute approximate surface area is 151 Å². The highest BCUT2D eigenvalue weighted by atomic mass is 35.5. The van der Waals surface area contributed by atoms with Crippen LogP contribution in [0.15, 0.2) is 30.6 Å². The first-order valence-electron chi connectivity index (χ1n) is 8.14. The lowest BCUT2D eigenvalue weighted by Gasteiger charge is -2.33. The van der Waals surface area contributed by atoms with Crippen LogP contribution in [0.3, 0.4) is 0 Å². The van der Waals surface area contributed by atoms with Gasteiger partial charge in [-0.15, -0.1) is 0 Å². The summed E-state index contributed by atoms with van der Waals surface area (Å²) in [6.45, 7) is 3.94. The van der Waals surface area contributed by atoms with Crippen molar-refractivity contribution in [3.8, 4) is 0 Å². The molecule has 3 aliphatic rings. The molecule has 24 heavy (non-hydrogen) atoms. The Bertz CT molecular complexity index is 716. The van der Waals surface area contributed by atoms with Crippen LogP contribution in [0.1, 0.15) is 18.4 Å². The van der Waals surface area contributed by atoms with Crippen molar-refractivity contribution < 1.29 is 0 Å². The number of rotatable bonds is 1. The molecular formula is C17H19Cl2N5. The first kappa shape index (κ1) is 15.9. The fourth-order valence-electron chi connectivity index (χ4n) is 3.06. The van der Waals surface area contributed by atoms with E-state index in [0.29, 0.717) is 10.6 Å². The molecule has 5 rings (SSSR count). The second-order valence-corrected chi connectivity index (χ2v) is 7.29. The molecule has 0 unspecified atom stereocenters. The Balaban J connectivity index is 0.000000138. The maximum absolute atomic E-state index is 5.83. The zero-order valence-electron chi connectivity index (χ0n) is 13.2. The van der Waals surface area contributed by atoms with Crippen molar-refractivity contribution in [3.63, 3.8) is 0 Å². The van der Waals surface area contributed by atoms with Gasteiger partial charge in [0.1, 0.15) is 0 Å². The highest BCUT2D eigenvalue weighted by Crippen LogP contribution is 2.38. The fourth-order valence-corrected chi connectivity index (χ4v) is 3.40. The van der Waals surface area contributed by atoms with Crippen molar-refractivity contribution in [1.82, 2.24) is 15.3 Å². The average molecular weight is 364 g/mol. The normalized spacial score (nSPS) is 19.5. The van der Waals surface area contributed by atoms with E-state index in [9.17, 15) is 0 Å². The molecule has 1 saturated carbocycles. The third-order valence-corrected chi connectivity index (χ3v) is 5.24. The second-order valence-electron chi connectivity index (χ2n) is 6.45. The Morgan fingerprint density at radius 2 is 1.92 bits per heavy atom. The van der Waals surface area contributed by atoms with E-state index >= 15 is 0 Å². The predicted octanol–water partition coefficient (Wildman–Crippen LogP) is 3.34. The number of hydrogen-bond acceptors (Lipinski definition) is 5. The monoisotopic (exact) mass is 363 g/mol. The van der Waals surface area contributed by atoms with Gasteiger partial charge in [-0.1, -0.05) is 29.3 Å². The Morgan fingerprint density at radius 3 is 2.50 bits per heavy atom. The second kappa shape index (κ2) is 6.39. The molecule has 2 fully saturated rings. The van der Waals surface area contributed by atoms with Gasteiger partial charge in [0.05, 0.1) is 17.4 Å². The van der Waals surface area contributed by atoms with E-state index in [4.69, 9.17) is 23.2 Å². The van der Waals surface area contributed by atoms with Crippen LogP contribution in [-0.2, 0) is 6.54 Å². The van der Waals surface area contributed by atoms with E-state index < -0.39 is 0 Å². The Hall–Kier alpha value is -1.56. The summed E-state index contributed by atoms with van der Waals surface area (Å²) < 4.78 is 0. The van der Waals surface area contributed by atoms with Gasteiger partial charge in [0.25, 0.3) is 0 Å². The minimum absolute atomic E-state index is 0.362. The first-order chi connectivity index (χ1) is 11.7. The van der Waals surface area contributed by atoms with Crippen molar-refractivity contribution >= 4 is 34.8 Å². The lowest BCUT2D eigenvalue weighted by molar-refractivity contribution is 0.438. The van der Waals surface area contributed by atoms with Crippen molar-refractivity contribution in [1.29, 1.82) is 0 Å². The average Bonchev–Trinajstić information content (AvgIpc) is 3.29. The third-order valence-electron chi connectivity index (χ3n) is 4.69. The summed E-state index contributed by atoms with van der Waals surface area (Å²) in [5.74, 6) is 0.798.